The normalized spacial score (nSPS) is 11.9. The quantitative estimate of drug-likeness (QED) is 0.0193. The van der Waals surface area contributed by atoms with Crippen LogP contribution in [0.1, 0.15) is 188 Å². The summed E-state index contributed by atoms with van der Waals surface area (Å²) in [5.41, 5.74) is 0. The Labute approximate surface area is 328 Å². The Morgan fingerprint density at radius 1 is 0.407 bits per heavy atom. The SMILES string of the molecule is CCCCCCCCCCCCCC(=O)OCCN(CCOC(=O)CCCCCCCCCCCCC)C(C)N(CCC(=O)OOC)CCC(=O)OOC. The van der Waals surface area contributed by atoms with Crippen LogP contribution in [0, 0.1) is 0 Å². The van der Waals surface area contributed by atoms with E-state index in [-0.39, 0.29) is 57.2 Å². The Balaban J connectivity index is 4.90. The number of esters is 2. The van der Waals surface area contributed by atoms with Gasteiger partial charge in [-0.15, -0.1) is 0 Å². The van der Waals surface area contributed by atoms with Crippen molar-refractivity contribution in [2.75, 3.05) is 53.6 Å². The molecule has 318 valence electrons. The molecule has 0 N–H and O–H groups in total. The van der Waals surface area contributed by atoms with Crippen molar-refractivity contribution in [2.45, 2.75) is 194 Å². The van der Waals surface area contributed by atoms with Crippen LogP contribution >= 0.6 is 0 Å². The first-order valence-corrected chi connectivity index (χ1v) is 21.5. The molecular formula is C42H80N2O10. The minimum Gasteiger partial charge on any atom is -0.464 e. The predicted octanol–water partition coefficient (Wildman–Crippen LogP) is 9.41. The summed E-state index contributed by atoms with van der Waals surface area (Å²) >= 11 is 0. The van der Waals surface area contributed by atoms with Gasteiger partial charge in [-0.3, -0.25) is 29.2 Å². The number of nitrogens with zero attached hydrogens (tertiary/aromatic N) is 2. The largest absolute Gasteiger partial charge is 0.464 e. The molecule has 0 rings (SSSR count). The summed E-state index contributed by atoms with van der Waals surface area (Å²) in [6, 6.07) is 0. The van der Waals surface area contributed by atoms with E-state index >= 15 is 0 Å². The Kier molecular flexibility index (Phi) is 37.3. The van der Waals surface area contributed by atoms with Crippen molar-refractivity contribution in [1.82, 2.24) is 9.80 Å². The van der Waals surface area contributed by atoms with Gasteiger partial charge in [0.1, 0.15) is 13.2 Å². The molecule has 0 aromatic carbocycles. The predicted molar refractivity (Wildman–Crippen MR) is 212 cm³/mol. The van der Waals surface area contributed by atoms with Crippen molar-refractivity contribution in [1.29, 1.82) is 0 Å². The third-order valence-electron chi connectivity index (χ3n) is 9.87. The van der Waals surface area contributed by atoms with Crippen molar-refractivity contribution in [3.8, 4) is 0 Å². The van der Waals surface area contributed by atoms with Crippen molar-refractivity contribution < 1.29 is 48.2 Å². The number of carbonyl (C=O) groups excluding carboxylic acids is 4. The van der Waals surface area contributed by atoms with Crippen LogP contribution in [0.25, 0.3) is 0 Å². The van der Waals surface area contributed by atoms with Gasteiger partial charge in [0.15, 0.2) is 0 Å². The molecule has 12 nitrogen and oxygen atoms in total. The minimum absolute atomic E-state index is 0.0211. The summed E-state index contributed by atoms with van der Waals surface area (Å²) in [7, 11) is 2.52. The zero-order valence-electron chi connectivity index (χ0n) is 35.2. The molecule has 0 aliphatic heterocycles. The van der Waals surface area contributed by atoms with Gasteiger partial charge in [-0.25, -0.2) is 9.59 Å². The standard InChI is InChI=1S/C42H80N2O10/c1-6-8-10-12-14-16-18-20-22-24-26-28-39(45)51-36-34-44(38(3)43(32-30-41(47)53-49-4)33-31-42(48)54-50-5)35-37-52-40(46)29-27-25-23-21-19-17-15-13-11-9-7-2/h38H,6-37H2,1-5H3. The molecule has 1 unspecified atom stereocenters. The van der Waals surface area contributed by atoms with E-state index in [4.69, 9.17) is 9.47 Å². The lowest BCUT2D eigenvalue weighted by atomic mass is 10.1. The van der Waals surface area contributed by atoms with Gasteiger partial charge in [0.25, 0.3) is 0 Å². The summed E-state index contributed by atoms with van der Waals surface area (Å²) in [6.07, 6.45) is 27.2. The molecule has 0 amide bonds. The molecule has 54 heavy (non-hydrogen) atoms. The van der Waals surface area contributed by atoms with E-state index in [1.54, 1.807) is 0 Å². The summed E-state index contributed by atoms with van der Waals surface area (Å²) in [5, 5.41) is 0. The monoisotopic (exact) mass is 773 g/mol. The van der Waals surface area contributed by atoms with Gasteiger partial charge in [0.2, 0.25) is 0 Å². The van der Waals surface area contributed by atoms with Crippen LogP contribution in [-0.4, -0.2) is 93.5 Å². The molecule has 0 heterocycles. The van der Waals surface area contributed by atoms with Gasteiger partial charge >= 0.3 is 23.9 Å². The van der Waals surface area contributed by atoms with Crippen LogP contribution in [0.15, 0.2) is 0 Å². The molecule has 0 bridgehead atoms. The first-order valence-electron chi connectivity index (χ1n) is 21.5. The lowest BCUT2D eigenvalue weighted by Crippen LogP contribution is -2.50. The van der Waals surface area contributed by atoms with E-state index in [1.807, 2.05) is 16.7 Å². The van der Waals surface area contributed by atoms with Gasteiger partial charge in [0.05, 0.1) is 33.2 Å². The number of carbonyl (C=O) groups is 4. The molecule has 0 spiro atoms. The molecule has 0 aromatic rings. The van der Waals surface area contributed by atoms with Crippen LogP contribution in [0.3, 0.4) is 0 Å². The highest BCUT2D eigenvalue weighted by molar-refractivity contribution is 5.70. The van der Waals surface area contributed by atoms with Gasteiger partial charge in [0, 0.05) is 39.0 Å². The molecule has 0 saturated heterocycles. The number of unbranched alkanes of at least 4 members (excludes halogenated alkanes) is 20. The van der Waals surface area contributed by atoms with Crippen molar-refractivity contribution >= 4 is 23.9 Å². The van der Waals surface area contributed by atoms with Crippen LogP contribution < -0.4 is 0 Å². The lowest BCUT2D eigenvalue weighted by molar-refractivity contribution is -0.255. The van der Waals surface area contributed by atoms with Crippen molar-refractivity contribution in [3.63, 3.8) is 0 Å². The van der Waals surface area contributed by atoms with Gasteiger partial charge < -0.3 is 9.47 Å². The zero-order chi connectivity index (χ0) is 39.9. The molecule has 0 aliphatic rings. The maximum atomic E-state index is 12.6. The molecule has 0 fully saturated rings. The van der Waals surface area contributed by atoms with E-state index in [0.717, 1.165) is 38.5 Å². The van der Waals surface area contributed by atoms with Gasteiger partial charge in [-0.2, -0.15) is 9.78 Å². The summed E-state index contributed by atoms with van der Waals surface area (Å²) in [6.45, 7) is 8.02. The summed E-state index contributed by atoms with van der Waals surface area (Å²) in [4.78, 5) is 71.6. The topological polar surface area (TPSA) is 130 Å². The smallest absolute Gasteiger partial charge is 0.343 e. The second-order valence-electron chi connectivity index (χ2n) is 14.5. The molecule has 0 saturated carbocycles. The maximum Gasteiger partial charge on any atom is 0.343 e. The minimum atomic E-state index is -0.548. The van der Waals surface area contributed by atoms with E-state index in [2.05, 4.69) is 33.4 Å². The second kappa shape index (κ2) is 39.0. The Bertz CT molecular complexity index is 840. The second-order valence-corrected chi connectivity index (χ2v) is 14.5. The number of hydrogen-bond acceptors (Lipinski definition) is 12. The van der Waals surface area contributed by atoms with E-state index < -0.39 is 11.9 Å². The number of ether oxygens (including phenoxy) is 2. The first-order chi connectivity index (χ1) is 26.3. The number of rotatable bonds is 40. The van der Waals surface area contributed by atoms with Crippen LogP contribution in [0.4, 0.5) is 0 Å². The zero-order valence-corrected chi connectivity index (χ0v) is 35.2. The molecule has 12 heteroatoms. The van der Waals surface area contributed by atoms with E-state index in [0.29, 0.717) is 25.9 Å². The third-order valence-corrected chi connectivity index (χ3v) is 9.87. The molecule has 0 aliphatic carbocycles. The van der Waals surface area contributed by atoms with Crippen LogP contribution in [0.2, 0.25) is 0 Å². The average molecular weight is 773 g/mol. The molecule has 1 atom stereocenters. The highest BCUT2D eigenvalue weighted by atomic mass is 17.2. The fourth-order valence-corrected chi connectivity index (χ4v) is 6.51. The summed E-state index contributed by atoms with van der Waals surface area (Å²) in [5.74, 6) is -1.54. The van der Waals surface area contributed by atoms with Gasteiger partial charge in [-0.05, 0) is 19.8 Å². The van der Waals surface area contributed by atoms with Crippen LogP contribution in [-0.2, 0) is 48.2 Å². The fraction of sp³-hybridized carbons (Fsp3) is 0.905. The van der Waals surface area contributed by atoms with Crippen LogP contribution in [0.5, 0.6) is 0 Å². The van der Waals surface area contributed by atoms with Crippen molar-refractivity contribution in [3.05, 3.63) is 0 Å². The highest BCUT2D eigenvalue weighted by Gasteiger charge is 2.24. The van der Waals surface area contributed by atoms with Crippen molar-refractivity contribution in [2.24, 2.45) is 0 Å². The third kappa shape index (κ3) is 33.1. The molecule has 0 aromatic heterocycles. The van der Waals surface area contributed by atoms with E-state index in [9.17, 15) is 19.2 Å². The Hall–Kier alpha value is -2.28. The maximum absolute atomic E-state index is 12.6. The first kappa shape index (κ1) is 51.7. The number of hydrogen-bond donors (Lipinski definition) is 0. The van der Waals surface area contributed by atoms with Gasteiger partial charge in [-0.1, -0.05) is 142 Å². The Morgan fingerprint density at radius 2 is 0.704 bits per heavy atom. The van der Waals surface area contributed by atoms with E-state index in [1.165, 1.54) is 117 Å². The molecular weight excluding hydrogens is 692 g/mol. The lowest BCUT2D eigenvalue weighted by Gasteiger charge is -2.37. The summed E-state index contributed by atoms with van der Waals surface area (Å²) < 4.78 is 11.2. The fourth-order valence-electron chi connectivity index (χ4n) is 6.51. The Morgan fingerprint density at radius 3 is 1.02 bits per heavy atom. The highest BCUT2D eigenvalue weighted by Crippen LogP contribution is 2.15. The molecule has 0 radical (unpaired) electrons. The average Bonchev–Trinajstić information content (AvgIpc) is 3.15.